The second-order valence-electron chi connectivity index (χ2n) is 5.64. The van der Waals surface area contributed by atoms with E-state index in [1.54, 1.807) is 0 Å². The molecule has 1 unspecified atom stereocenters. The van der Waals surface area contributed by atoms with Gasteiger partial charge in [-0.1, -0.05) is 6.07 Å². The van der Waals surface area contributed by atoms with Gasteiger partial charge in [-0.25, -0.2) is 0 Å². The number of nitrogens with zero attached hydrogens (tertiary/aromatic N) is 1. The maximum Gasteiger partial charge on any atom is 0.270 e. The van der Waals surface area contributed by atoms with Gasteiger partial charge in [0.25, 0.3) is 11.6 Å². The van der Waals surface area contributed by atoms with Gasteiger partial charge < -0.3 is 14.8 Å². The van der Waals surface area contributed by atoms with Gasteiger partial charge >= 0.3 is 0 Å². The molecule has 0 radical (unpaired) electrons. The van der Waals surface area contributed by atoms with Crippen LogP contribution in [0.1, 0.15) is 12.8 Å². The molecule has 1 atom stereocenters. The van der Waals surface area contributed by atoms with E-state index in [0.717, 1.165) is 24.3 Å². The fourth-order valence-corrected chi connectivity index (χ4v) is 3.36. The minimum Gasteiger partial charge on any atom is -0.483 e. The highest BCUT2D eigenvalue weighted by Crippen LogP contribution is 2.36. The van der Waals surface area contributed by atoms with Crippen LogP contribution in [0, 0.1) is 10.1 Å². The number of rotatable bonds is 7. The van der Waals surface area contributed by atoms with Crippen LogP contribution in [0.2, 0.25) is 0 Å². The van der Waals surface area contributed by atoms with Crippen molar-refractivity contribution in [1.82, 2.24) is 5.32 Å². The van der Waals surface area contributed by atoms with Crippen molar-refractivity contribution in [2.45, 2.75) is 18.9 Å². The summed E-state index contributed by atoms with van der Waals surface area (Å²) in [4.78, 5) is 23.3. The number of carbonyl (C=O) groups excluding carboxylic acids is 1. The largest absolute Gasteiger partial charge is 0.483 e. The Morgan fingerprint density at radius 1 is 1.44 bits per heavy atom. The topological polar surface area (TPSA) is 90.7 Å². The quantitative estimate of drug-likeness (QED) is 0.604. The zero-order valence-corrected chi connectivity index (χ0v) is 14.3. The second kappa shape index (κ2) is 8.09. The number of ether oxygens (including phenoxy) is 2. The van der Waals surface area contributed by atoms with Crippen LogP contribution in [0.3, 0.4) is 0 Å². The molecule has 132 valence electrons. The normalized spacial score (nSPS) is 16.6. The number of nitrogens with one attached hydrogen (secondary N) is 1. The summed E-state index contributed by atoms with van der Waals surface area (Å²) in [5.74, 6) is 0.200. The molecule has 3 rings (SSSR count). The molecule has 25 heavy (non-hydrogen) atoms. The van der Waals surface area contributed by atoms with Crippen molar-refractivity contribution in [3.63, 3.8) is 0 Å². The molecule has 1 saturated heterocycles. The van der Waals surface area contributed by atoms with Gasteiger partial charge in [0.2, 0.25) is 0 Å². The van der Waals surface area contributed by atoms with Crippen molar-refractivity contribution in [1.29, 1.82) is 0 Å². The van der Waals surface area contributed by atoms with Crippen molar-refractivity contribution in [2.75, 3.05) is 19.8 Å². The molecule has 1 fully saturated rings. The van der Waals surface area contributed by atoms with E-state index in [2.05, 4.69) is 5.32 Å². The van der Waals surface area contributed by atoms with Gasteiger partial charge in [-0.05, 0) is 30.4 Å². The van der Waals surface area contributed by atoms with E-state index in [0.29, 0.717) is 17.9 Å². The monoisotopic (exact) mass is 362 g/mol. The van der Waals surface area contributed by atoms with Crippen LogP contribution in [0.4, 0.5) is 5.69 Å². The molecule has 0 aliphatic carbocycles. The third kappa shape index (κ3) is 4.55. The van der Waals surface area contributed by atoms with Crippen molar-refractivity contribution in [2.24, 2.45) is 0 Å². The Labute approximate surface area is 148 Å². The molecule has 0 bridgehead atoms. The van der Waals surface area contributed by atoms with E-state index in [-0.39, 0.29) is 24.3 Å². The van der Waals surface area contributed by atoms with Crippen molar-refractivity contribution >= 4 is 22.9 Å². The minimum absolute atomic E-state index is 0.0152. The lowest BCUT2D eigenvalue weighted by Gasteiger charge is -2.13. The molecular weight excluding hydrogens is 344 g/mol. The SMILES string of the molecule is O=C(COc1ccc([N+](=O)[O-])cc1-c1cccs1)NCC1CCCO1. The van der Waals surface area contributed by atoms with E-state index in [4.69, 9.17) is 9.47 Å². The van der Waals surface area contributed by atoms with Crippen molar-refractivity contribution in [3.05, 3.63) is 45.8 Å². The van der Waals surface area contributed by atoms with Crippen LogP contribution in [0.15, 0.2) is 35.7 Å². The summed E-state index contributed by atoms with van der Waals surface area (Å²) < 4.78 is 11.1. The van der Waals surface area contributed by atoms with E-state index in [1.165, 1.54) is 29.5 Å². The first kappa shape index (κ1) is 17.4. The molecule has 1 aliphatic rings. The molecule has 1 aliphatic heterocycles. The first-order valence-electron chi connectivity index (χ1n) is 7.97. The van der Waals surface area contributed by atoms with Crippen LogP contribution in [0.5, 0.6) is 5.75 Å². The van der Waals surface area contributed by atoms with E-state index in [1.807, 2.05) is 17.5 Å². The summed E-state index contributed by atoms with van der Waals surface area (Å²) >= 11 is 1.45. The number of nitro benzene ring substituents is 1. The average Bonchev–Trinajstić information content (AvgIpc) is 3.31. The third-order valence-electron chi connectivity index (χ3n) is 3.87. The number of amides is 1. The van der Waals surface area contributed by atoms with E-state index in [9.17, 15) is 14.9 Å². The van der Waals surface area contributed by atoms with Gasteiger partial charge in [0, 0.05) is 35.7 Å². The molecule has 1 aromatic heterocycles. The second-order valence-corrected chi connectivity index (χ2v) is 6.59. The highest BCUT2D eigenvalue weighted by atomic mass is 32.1. The molecule has 1 aromatic carbocycles. The van der Waals surface area contributed by atoms with Crippen LogP contribution < -0.4 is 10.1 Å². The lowest BCUT2D eigenvalue weighted by Crippen LogP contribution is -2.35. The lowest BCUT2D eigenvalue weighted by molar-refractivity contribution is -0.384. The Morgan fingerprint density at radius 2 is 2.32 bits per heavy atom. The van der Waals surface area contributed by atoms with E-state index < -0.39 is 4.92 Å². The molecule has 7 nitrogen and oxygen atoms in total. The highest BCUT2D eigenvalue weighted by molar-refractivity contribution is 7.13. The molecule has 1 amide bonds. The fourth-order valence-electron chi connectivity index (χ4n) is 2.61. The number of nitro groups is 1. The molecule has 0 spiro atoms. The Balaban J connectivity index is 1.64. The van der Waals surface area contributed by atoms with Crippen molar-refractivity contribution in [3.8, 4) is 16.2 Å². The van der Waals surface area contributed by atoms with Gasteiger partial charge in [0.1, 0.15) is 5.75 Å². The smallest absolute Gasteiger partial charge is 0.270 e. The number of hydrogen-bond acceptors (Lipinski definition) is 6. The molecule has 8 heteroatoms. The van der Waals surface area contributed by atoms with Crippen LogP contribution in [-0.2, 0) is 9.53 Å². The zero-order chi connectivity index (χ0) is 17.6. The number of thiophene rings is 1. The summed E-state index contributed by atoms with van der Waals surface area (Å²) in [5, 5.41) is 15.7. The maximum atomic E-state index is 11.9. The minimum atomic E-state index is -0.449. The average molecular weight is 362 g/mol. The van der Waals surface area contributed by atoms with Crippen LogP contribution in [-0.4, -0.2) is 36.7 Å². The van der Waals surface area contributed by atoms with Gasteiger partial charge in [0.15, 0.2) is 6.61 Å². The summed E-state index contributed by atoms with van der Waals surface area (Å²) in [6.45, 7) is 1.06. The van der Waals surface area contributed by atoms with E-state index >= 15 is 0 Å². The first-order chi connectivity index (χ1) is 12.1. The summed E-state index contributed by atoms with van der Waals surface area (Å²) in [6, 6.07) is 8.08. The number of carbonyl (C=O) groups is 1. The highest BCUT2D eigenvalue weighted by Gasteiger charge is 2.18. The third-order valence-corrected chi connectivity index (χ3v) is 4.77. The Morgan fingerprint density at radius 3 is 3.00 bits per heavy atom. The zero-order valence-electron chi connectivity index (χ0n) is 13.5. The fraction of sp³-hybridized carbons (Fsp3) is 0.353. The Kier molecular flexibility index (Phi) is 5.62. The van der Waals surface area contributed by atoms with Gasteiger partial charge in [-0.15, -0.1) is 11.3 Å². The van der Waals surface area contributed by atoms with Gasteiger partial charge in [0.05, 0.1) is 11.0 Å². The summed E-state index contributed by atoms with van der Waals surface area (Å²) in [7, 11) is 0. The first-order valence-corrected chi connectivity index (χ1v) is 8.85. The van der Waals surface area contributed by atoms with Crippen LogP contribution >= 0.6 is 11.3 Å². The van der Waals surface area contributed by atoms with Crippen molar-refractivity contribution < 1.29 is 19.2 Å². The molecule has 0 saturated carbocycles. The molecule has 1 N–H and O–H groups in total. The Hall–Kier alpha value is -2.45. The number of benzene rings is 1. The Bertz CT molecular complexity index is 742. The van der Waals surface area contributed by atoms with Gasteiger partial charge in [-0.3, -0.25) is 14.9 Å². The standard InChI is InChI=1S/C17H18N2O5S/c20-17(18-10-13-3-1-7-23-13)11-24-15-6-5-12(19(21)22)9-14(15)16-4-2-8-25-16/h2,4-6,8-9,13H,1,3,7,10-11H2,(H,18,20). The lowest BCUT2D eigenvalue weighted by atomic mass is 10.1. The molecule has 2 aromatic rings. The number of hydrogen-bond donors (Lipinski definition) is 1. The molecular formula is C17H18N2O5S. The predicted octanol–water partition coefficient (Wildman–Crippen LogP) is 3.00. The number of non-ortho nitro benzene ring substituents is 1. The predicted molar refractivity (Wildman–Crippen MR) is 93.9 cm³/mol. The maximum absolute atomic E-state index is 11.9. The van der Waals surface area contributed by atoms with Crippen LogP contribution in [0.25, 0.3) is 10.4 Å². The molecule has 2 heterocycles. The summed E-state index contributed by atoms with van der Waals surface area (Å²) in [5.41, 5.74) is 0.592. The summed E-state index contributed by atoms with van der Waals surface area (Å²) in [6.07, 6.45) is 2.04. The van der Waals surface area contributed by atoms with Gasteiger partial charge in [-0.2, -0.15) is 0 Å².